The van der Waals surface area contributed by atoms with Crippen molar-refractivity contribution in [2.75, 3.05) is 13.2 Å². The number of benzene rings is 1. The molecule has 0 fully saturated rings. The zero-order valence-corrected chi connectivity index (χ0v) is 14.1. The molecule has 0 aliphatic heterocycles. The molecule has 0 heterocycles. The summed E-state index contributed by atoms with van der Waals surface area (Å²) in [5.74, 6) is 0.539. The van der Waals surface area contributed by atoms with E-state index in [1.807, 2.05) is 4.90 Å². The quantitative estimate of drug-likeness (QED) is 0.654. The van der Waals surface area contributed by atoms with Crippen molar-refractivity contribution in [3.8, 4) is 5.75 Å². The zero-order valence-electron chi connectivity index (χ0n) is 14.1. The van der Waals surface area contributed by atoms with Gasteiger partial charge in [0.2, 0.25) is 0 Å². The highest BCUT2D eigenvalue weighted by Crippen LogP contribution is 2.14. The van der Waals surface area contributed by atoms with Gasteiger partial charge in [0.15, 0.2) is 12.4 Å². The van der Waals surface area contributed by atoms with Crippen LogP contribution in [0.5, 0.6) is 5.75 Å². The number of Topliss-reactive ketones (excluding diaryl/α,β-unsaturated/α-hetero) is 1. The van der Waals surface area contributed by atoms with Crippen LogP contribution in [0.15, 0.2) is 24.3 Å². The molecular formula is C18H27NO3. The van der Waals surface area contributed by atoms with Crippen LogP contribution >= 0.6 is 0 Å². The maximum absolute atomic E-state index is 12.4. The molecule has 1 aromatic rings. The molecule has 0 aliphatic carbocycles. The monoisotopic (exact) mass is 305 g/mol. The first kappa shape index (κ1) is 18.2. The number of carbonyl (C=O) groups excluding carboxylic acids is 2. The summed E-state index contributed by atoms with van der Waals surface area (Å²) in [4.78, 5) is 25.6. The summed E-state index contributed by atoms with van der Waals surface area (Å²) in [5.41, 5.74) is 0.592. The molecule has 0 N–H and O–H groups in total. The lowest BCUT2D eigenvalue weighted by atomic mass is 10.1. The second kappa shape index (κ2) is 9.23. The summed E-state index contributed by atoms with van der Waals surface area (Å²) < 4.78 is 5.57. The smallest absolute Gasteiger partial charge is 0.260 e. The van der Waals surface area contributed by atoms with Crippen LogP contribution in [0.25, 0.3) is 0 Å². The van der Waals surface area contributed by atoms with Crippen LogP contribution in [-0.2, 0) is 4.79 Å². The average molecular weight is 305 g/mol. The van der Waals surface area contributed by atoms with Crippen molar-refractivity contribution in [2.24, 2.45) is 0 Å². The van der Waals surface area contributed by atoms with Gasteiger partial charge in [0, 0.05) is 18.2 Å². The van der Waals surface area contributed by atoms with Gasteiger partial charge in [-0.3, -0.25) is 9.59 Å². The van der Waals surface area contributed by atoms with Crippen LogP contribution in [-0.4, -0.2) is 35.8 Å². The molecule has 0 spiro atoms. The number of ether oxygens (including phenoxy) is 1. The second-order valence-electron chi connectivity index (χ2n) is 5.57. The second-order valence-corrected chi connectivity index (χ2v) is 5.57. The molecule has 1 atom stereocenters. The summed E-state index contributed by atoms with van der Waals surface area (Å²) in [7, 11) is 0. The Balaban J connectivity index is 2.65. The van der Waals surface area contributed by atoms with Gasteiger partial charge >= 0.3 is 0 Å². The maximum Gasteiger partial charge on any atom is 0.260 e. The van der Waals surface area contributed by atoms with E-state index in [0.29, 0.717) is 11.3 Å². The van der Waals surface area contributed by atoms with Crippen LogP contribution in [0.3, 0.4) is 0 Å². The van der Waals surface area contributed by atoms with E-state index in [1.165, 1.54) is 6.92 Å². The summed E-state index contributed by atoms with van der Waals surface area (Å²) in [6.45, 7) is 8.54. The molecule has 4 heteroatoms. The Labute approximate surface area is 133 Å². The summed E-state index contributed by atoms with van der Waals surface area (Å²) >= 11 is 0. The van der Waals surface area contributed by atoms with Crippen LogP contribution in [0.4, 0.5) is 0 Å². The van der Waals surface area contributed by atoms with E-state index >= 15 is 0 Å². The normalized spacial score (nSPS) is 11.8. The molecule has 0 radical (unpaired) electrons. The molecule has 0 bridgehead atoms. The summed E-state index contributed by atoms with van der Waals surface area (Å²) in [5, 5.41) is 0. The molecule has 0 saturated heterocycles. The average Bonchev–Trinajstić information content (AvgIpc) is 2.53. The first-order chi connectivity index (χ1) is 10.5. The minimum Gasteiger partial charge on any atom is -0.484 e. The summed E-state index contributed by atoms with van der Waals surface area (Å²) in [6, 6.07) is 7.16. The van der Waals surface area contributed by atoms with E-state index in [2.05, 4.69) is 20.8 Å². The molecule has 1 amide bonds. The third-order valence-corrected chi connectivity index (χ3v) is 3.80. The third kappa shape index (κ3) is 5.51. The van der Waals surface area contributed by atoms with Crippen molar-refractivity contribution in [3.05, 3.63) is 29.8 Å². The van der Waals surface area contributed by atoms with E-state index < -0.39 is 0 Å². The Morgan fingerprint density at radius 1 is 1.27 bits per heavy atom. The fraction of sp³-hybridized carbons (Fsp3) is 0.556. The van der Waals surface area contributed by atoms with E-state index in [1.54, 1.807) is 24.3 Å². The van der Waals surface area contributed by atoms with E-state index in [0.717, 1.165) is 25.8 Å². The zero-order chi connectivity index (χ0) is 16.5. The molecule has 0 saturated carbocycles. The third-order valence-electron chi connectivity index (χ3n) is 3.80. The number of carbonyl (C=O) groups is 2. The highest BCUT2D eigenvalue weighted by Gasteiger charge is 2.18. The fourth-order valence-corrected chi connectivity index (χ4v) is 2.17. The largest absolute Gasteiger partial charge is 0.484 e. The van der Waals surface area contributed by atoms with Gasteiger partial charge in [-0.2, -0.15) is 0 Å². The van der Waals surface area contributed by atoms with E-state index in [-0.39, 0.29) is 24.3 Å². The number of unbranched alkanes of at least 4 members (excludes halogenated alkanes) is 1. The van der Waals surface area contributed by atoms with Gasteiger partial charge in [0.05, 0.1) is 0 Å². The molecule has 4 nitrogen and oxygen atoms in total. The Kier molecular flexibility index (Phi) is 7.64. The SMILES string of the molecule is CCCCN(C(=O)COc1cccc(C(C)=O)c1)C(C)CC. The van der Waals surface area contributed by atoms with Gasteiger partial charge in [-0.15, -0.1) is 0 Å². The topological polar surface area (TPSA) is 46.6 Å². The Morgan fingerprint density at radius 3 is 2.59 bits per heavy atom. The molecule has 122 valence electrons. The number of ketones is 1. The molecule has 1 unspecified atom stereocenters. The molecule has 1 aromatic carbocycles. The number of amides is 1. The predicted octanol–water partition coefficient (Wildman–Crippen LogP) is 3.70. The molecule has 0 aliphatic rings. The summed E-state index contributed by atoms with van der Waals surface area (Å²) in [6.07, 6.45) is 2.98. The lowest BCUT2D eigenvalue weighted by molar-refractivity contribution is -0.135. The molecule has 1 rings (SSSR count). The van der Waals surface area contributed by atoms with Gasteiger partial charge in [-0.25, -0.2) is 0 Å². The lowest BCUT2D eigenvalue weighted by Crippen LogP contribution is -2.41. The minimum absolute atomic E-state index is 0.00368. The van der Waals surface area contributed by atoms with E-state index in [4.69, 9.17) is 4.74 Å². The first-order valence-corrected chi connectivity index (χ1v) is 8.02. The fourth-order valence-electron chi connectivity index (χ4n) is 2.17. The van der Waals surface area contributed by atoms with Crippen molar-refractivity contribution >= 4 is 11.7 Å². The lowest BCUT2D eigenvalue weighted by Gasteiger charge is -2.28. The Hall–Kier alpha value is -1.84. The van der Waals surface area contributed by atoms with Crippen LogP contribution in [0.2, 0.25) is 0 Å². The van der Waals surface area contributed by atoms with Gasteiger partial charge in [0.1, 0.15) is 5.75 Å². The van der Waals surface area contributed by atoms with Crippen LogP contribution < -0.4 is 4.74 Å². The van der Waals surface area contributed by atoms with Crippen molar-refractivity contribution in [2.45, 2.75) is 53.0 Å². The van der Waals surface area contributed by atoms with Gasteiger partial charge in [-0.1, -0.05) is 32.4 Å². The van der Waals surface area contributed by atoms with Gasteiger partial charge in [0.25, 0.3) is 5.91 Å². The van der Waals surface area contributed by atoms with Crippen LogP contribution in [0, 0.1) is 0 Å². The van der Waals surface area contributed by atoms with Crippen LogP contribution in [0.1, 0.15) is 57.3 Å². The van der Waals surface area contributed by atoms with E-state index in [9.17, 15) is 9.59 Å². The molecular weight excluding hydrogens is 278 g/mol. The molecule has 0 aromatic heterocycles. The number of hydrogen-bond donors (Lipinski definition) is 0. The minimum atomic E-state index is -0.0130. The number of nitrogens with zero attached hydrogens (tertiary/aromatic N) is 1. The van der Waals surface area contributed by atoms with Crippen molar-refractivity contribution < 1.29 is 14.3 Å². The van der Waals surface area contributed by atoms with Crippen molar-refractivity contribution in [3.63, 3.8) is 0 Å². The maximum atomic E-state index is 12.4. The van der Waals surface area contributed by atoms with Gasteiger partial charge < -0.3 is 9.64 Å². The standard InChI is InChI=1S/C18H27NO3/c1-5-7-11-19(14(3)6-2)18(21)13-22-17-10-8-9-16(12-17)15(4)20/h8-10,12,14H,5-7,11,13H2,1-4H3. The predicted molar refractivity (Wildman–Crippen MR) is 88.3 cm³/mol. The Morgan fingerprint density at radius 2 is 2.00 bits per heavy atom. The van der Waals surface area contributed by atoms with Crippen molar-refractivity contribution in [1.82, 2.24) is 4.90 Å². The highest BCUT2D eigenvalue weighted by atomic mass is 16.5. The Bertz CT molecular complexity index is 499. The van der Waals surface area contributed by atoms with Crippen molar-refractivity contribution in [1.29, 1.82) is 0 Å². The van der Waals surface area contributed by atoms with Gasteiger partial charge in [-0.05, 0) is 38.8 Å². The number of rotatable bonds is 9. The highest BCUT2D eigenvalue weighted by molar-refractivity contribution is 5.94. The molecule has 22 heavy (non-hydrogen) atoms. The first-order valence-electron chi connectivity index (χ1n) is 8.02. The number of hydrogen-bond acceptors (Lipinski definition) is 3.